The third kappa shape index (κ3) is 1.50. The van der Waals surface area contributed by atoms with E-state index in [4.69, 9.17) is 4.42 Å². The summed E-state index contributed by atoms with van der Waals surface area (Å²) in [6, 6.07) is 3.05. The zero-order valence-corrected chi connectivity index (χ0v) is 9.41. The van der Waals surface area contributed by atoms with Crippen molar-refractivity contribution in [2.45, 2.75) is 18.4 Å². The Labute approximate surface area is 99.0 Å². The van der Waals surface area contributed by atoms with E-state index in [1.54, 1.807) is 6.07 Å². The molecule has 1 saturated carbocycles. The monoisotopic (exact) mass is 249 g/mol. The van der Waals surface area contributed by atoms with Gasteiger partial charge in [-0.1, -0.05) is 11.3 Å². The summed E-state index contributed by atoms with van der Waals surface area (Å²) in [6.07, 6.45) is 2.90. The summed E-state index contributed by atoms with van der Waals surface area (Å²) in [4.78, 5) is 24.8. The summed E-state index contributed by atoms with van der Waals surface area (Å²) in [5.41, 5.74) is 0.274. The number of isocyanates is 1. The second-order valence-electron chi connectivity index (χ2n) is 4.00. The number of nitrogens with zero attached hydrogens (tertiary/aromatic N) is 1. The van der Waals surface area contributed by atoms with E-state index in [0.29, 0.717) is 28.7 Å². The molecule has 3 rings (SSSR count). The molecule has 0 aliphatic heterocycles. The lowest BCUT2D eigenvalue weighted by atomic mass is 10.0. The van der Waals surface area contributed by atoms with E-state index in [2.05, 4.69) is 4.99 Å². The van der Waals surface area contributed by atoms with E-state index in [-0.39, 0.29) is 5.75 Å². The van der Waals surface area contributed by atoms with Crippen molar-refractivity contribution in [3.63, 3.8) is 0 Å². The molecular formula is C11H7NO4S. The Hall–Kier alpha value is -1.91. The van der Waals surface area contributed by atoms with Crippen LogP contribution in [0.2, 0.25) is 0 Å². The lowest BCUT2D eigenvalue weighted by Crippen LogP contribution is -2.02. The number of hydrogen-bond acceptors (Lipinski definition) is 6. The summed E-state index contributed by atoms with van der Waals surface area (Å²) in [6.45, 7) is 0. The maximum absolute atomic E-state index is 11.1. The largest absolute Gasteiger partial charge is 0.508 e. The van der Waals surface area contributed by atoms with Crippen LogP contribution in [-0.2, 0) is 10.3 Å². The van der Waals surface area contributed by atoms with Crippen molar-refractivity contribution in [3.8, 4) is 5.75 Å². The molecule has 1 fully saturated rings. The summed E-state index contributed by atoms with van der Waals surface area (Å²) in [7, 11) is 0. The van der Waals surface area contributed by atoms with Crippen molar-refractivity contribution in [3.05, 3.63) is 27.4 Å². The Morgan fingerprint density at radius 1 is 1.47 bits per heavy atom. The minimum atomic E-state index is -0.666. The molecule has 1 aromatic carbocycles. The van der Waals surface area contributed by atoms with Gasteiger partial charge in [-0.3, -0.25) is 0 Å². The molecular weight excluding hydrogens is 242 g/mol. The first kappa shape index (κ1) is 10.3. The number of phenols is 1. The maximum Gasteiger partial charge on any atom is 0.396 e. The molecule has 0 spiro atoms. The van der Waals surface area contributed by atoms with Crippen LogP contribution >= 0.6 is 11.3 Å². The number of phenolic OH excluding ortho intramolecular Hbond substituents is 1. The molecule has 6 heteroatoms. The van der Waals surface area contributed by atoms with Crippen molar-refractivity contribution in [2.75, 3.05) is 0 Å². The van der Waals surface area contributed by atoms with Crippen molar-refractivity contribution in [2.24, 2.45) is 4.99 Å². The van der Waals surface area contributed by atoms with E-state index in [0.717, 1.165) is 11.3 Å². The van der Waals surface area contributed by atoms with E-state index >= 15 is 0 Å². The van der Waals surface area contributed by atoms with E-state index in [1.807, 2.05) is 0 Å². The van der Waals surface area contributed by atoms with Crippen molar-refractivity contribution in [1.82, 2.24) is 0 Å². The number of aromatic hydroxyl groups is 1. The Bertz CT molecular complexity index is 704. The quantitative estimate of drug-likeness (QED) is 0.651. The molecule has 17 heavy (non-hydrogen) atoms. The first-order valence-corrected chi connectivity index (χ1v) is 5.82. The molecule has 2 aromatic rings. The topological polar surface area (TPSA) is 79.9 Å². The summed E-state index contributed by atoms with van der Waals surface area (Å²) < 4.78 is 5.56. The standard InChI is InChI=1S/C11H7NO4S/c13-5-12-11(1-2-11)6-3-8-9(4-7(6)14)17-10(15)16-8/h3-4,14H,1-2H2. The Morgan fingerprint density at radius 2 is 2.24 bits per heavy atom. The van der Waals surface area contributed by atoms with Gasteiger partial charge in [0.2, 0.25) is 6.08 Å². The van der Waals surface area contributed by atoms with Gasteiger partial charge < -0.3 is 9.52 Å². The van der Waals surface area contributed by atoms with Gasteiger partial charge in [-0.25, -0.2) is 9.59 Å². The number of fused-ring (bicyclic) bond motifs is 1. The predicted molar refractivity (Wildman–Crippen MR) is 61.1 cm³/mol. The molecule has 0 amide bonds. The van der Waals surface area contributed by atoms with E-state index < -0.39 is 10.5 Å². The molecule has 0 bridgehead atoms. The van der Waals surface area contributed by atoms with Crippen LogP contribution in [-0.4, -0.2) is 11.2 Å². The normalized spacial score (nSPS) is 16.7. The van der Waals surface area contributed by atoms with Gasteiger partial charge in [0, 0.05) is 11.6 Å². The fourth-order valence-corrected chi connectivity index (χ4v) is 2.61. The van der Waals surface area contributed by atoms with Gasteiger partial charge >= 0.3 is 4.94 Å². The predicted octanol–water partition coefficient (Wildman–Crippen LogP) is 1.88. The molecule has 1 aliphatic rings. The number of rotatable bonds is 2. The van der Waals surface area contributed by atoms with Gasteiger partial charge in [0.05, 0.1) is 4.70 Å². The Balaban J connectivity index is 2.26. The molecule has 0 saturated heterocycles. The maximum atomic E-state index is 11.1. The number of carbonyl (C=O) groups excluding carboxylic acids is 1. The molecule has 1 N–H and O–H groups in total. The summed E-state index contributed by atoms with van der Waals surface area (Å²) in [5, 5.41) is 9.89. The third-order valence-corrected chi connectivity index (χ3v) is 3.72. The highest BCUT2D eigenvalue weighted by atomic mass is 32.1. The van der Waals surface area contributed by atoms with Crippen LogP contribution < -0.4 is 4.94 Å². The summed E-state index contributed by atoms with van der Waals surface area (Å²) in [5.74, 6) is 0.0334. The van der Waals surface area contributed by atoms with Crippen LogP contribution in [0.15, 0.2) is 26.3 Å². The highest BCUT2D eigenvalue weighted by Crippen LogP contribution is 2.52. The van der Waals surface area contributed by atoms with Gasteiger partial charge in [0.25, 0.3) is 0 Å². The molecule has 5 nitrogen and oxygen atoms in total. The first-order chi connectivity index (χ1) is 8.14. The third-order valence-electron chi connectivity index (χ3n) is 2.93. The zero-order valence-electron chi connectivity index (χ0n) is 8.60. The van der Waals surface area contributed by atoms with Gasteiger partial charge in [0.15, 0.2) is 0 Å². The van der Waals surface area contributed by atoms with Crippen LogP contribution in [0, 0.1) is 0 Å². The fourth-order valence-electron chi connectivity index (χ4n) is 1.93. The molecule has 1 heterocycles. The number of benzene rings is 1. The lowest BCUT2D eigenvalue weighted by molar-refractivity contribution is 0.459. The molecule has 0 radical (unpaired) electrons. The van der Waals surface area contributed by atoms with Crippen molar-refractivity contribution >= 4 is 27.7 Å². The Morgan fingerprint density at radius 3 is 2.88 bits per heavy atom. The first-order valence-electron chi connectivity index (χ1n) is 5.01. The number of aliphatic imine (C=N–C) groups is 1. The molecule has 1 aliphatic carbocycles. The SMILES string of the molecule is O=C=NC1(c2cc3oc(=O)sc3cc2O)CC1. The second-order valence-corrected chi connectivity index (χ2v) is 4.98. The van der Waals surface area contributed by atoms with Gasteiger partial charge in [-0.05, 0) is 18.9 Å². The van der Waals surface area contributed by atoms with Crippen LogP contribution in [0.3, 0.4) is 0 Å². The minimum Gasteiger partial charge on any atom is -0.508 e. The van der Waals surface area contributed by atoms with Crippen molar-refractivity contribution < 1.29 is 14.3 Å². The molecule has 1 aromatic heterocycles. The van der Waals surface area contributed by atoms with E-state index in [9.17, 15) is 14.7 Å². The van der Waals surface area contributed by atoms with Crippen LogP contribution in [0.5, 0.6) is 5.75 Å². The molecule has 0 unspecified atom stereocenters. The second kappa shape index (κ2) is 3.29. The van der Waals surface area contributed by atoms with Gasteiger partial charge in [-0.15, -0.1) is 0 Å². The van der Waals surface area contributed by atoms with Crippen molar-refractivity contribution in [1.29, 1.82) is 0 Å². The molecule has 86 valence electrons. The van der Waals surface area contributed by atoms with Crippen LogP contribution in [0.4, 0.5) is 0 Å². The zero-order chi connectivity index (χ0) is 12.0. The van der Waals surface area contributed by atoms with E-state index in [1.165, 1.54) is 12.1 Å². The average Bonchev–Trinajstić information content (AvgIpc) is 2.94. The van der Waals surface area contributed by atoms with Gasteiger partial charge in [-0.2, -0.15) is 4.99 Å². The van der Waals surface area contributed by atoms with Crippen LogP contribution in [0.25, 0.3) is 10.3 Å². The minimum absolute atomic E-state index is 0.0334. The fraction of sp³-hybridized carbons (Fsp3) is 0.273. The highest BCUT2D eigenvalue weighted by Gasteiger charge is 2.47. The average molecular weight is 249 g/mol. The van der Waals surface area contributed by atoms with Crippen LogP contribution in [0.1, 0.15) is 18.4 Å². The molecule has 0 atom stereocenters. The van der Waals surface area contributed by atoms with Gasteiger partial charge in [0.1, 0.15) is 16.9 Å². The lowest BCUT2D eigenvalue weighted by Gasteiger charge is -2.09. The smallest absolute Gasteiger partial charge is 0.396 e. The highest BCUT2D eigenvalue weighted by molar-refractivity contribution is 7.16. The Kier molecular flexibility index (Phi) is 1.98. The summed E-state index contributed by atoms with van der Waals surface area (Å²) >= 11 is 0.929. The number of hydrogen-bond donors (Lipinski definition) is 1.